The molecular formula is C21H22O5. The Morgan fingerprint density at radius 3 is 2.73 bits per heavy atom. The fourth-order valence-electron chi connectivity index (χ4n) is 3.43. The first kappa shape index (κ1) is 17.1. The van der Waals surface area contributed by atoms with Gasteiger partial charge in [0, 0.05) is 12.2 Å². The number of carbonyl (C=O) groups is 1. The van der Waals surface area contributed by atoms with E-state index in [0.29, 0.717) is 23.7 Å². The first-order valence-corrected chi connectivity index (χ1v) is 9.05. The van der Waals surface area contributed by atoms with Crippen molar-refractivity contribution in [3.05, 3.63) is 47.5 Å². The molecule has 0 aliphatic carbocycles. The molecule has 0 N–H and O–H groups in total. The number of hydrogen-bond donors (Lipinski definition) is 0. The maximum Gasteiger partial charge on any atom is 0.231 e. The average molecular weight is 354 g/mol. The van der Waals surface area contributed by atoms with Gasteiger partial charge in [-0.3, -0.25) is 4.79 Å². The van der Waals surface area contributed by atoms with Crippen LogP contribution in [0.4, 0.5) is 0 Å². The van der Waals surface area contributed by atoms with Gasteiger partial charge in [-0.15, -0.1) is 0 Å². The van der Waals surface area contributed by atoms with Crippen molar-refractivity contribution >= 4 is 6.29 Å². The maximum absolute atomic E-state index is 11.6. The summed E-state index contributed by atoms with van der Waals surface area (Å²) in [7, 11) is 0. The minimum atomic E-state index is -0.0907. The van der Waals surface area contributed by atoms with Gasteiger partial charge in [0.1, 0.15) is 0 Å². The molecule has 2 aromatic carbocycles. The molecule has 26 heavy (non-hydrogen) atoms. The second-order valence-corrected chi connectivity index (χ2v) is 6.48. The molecule has 2 aliphatic rings. The van der Waals surface area contributed by atoms with E-state index in [0.717, 1.165) is 55.3 Å². The lowest BCUT2D eigenvalue weighted by atomic mass is 9.94. The summed E-state index contributed by atoms with van der Waals surface area (Å²) >= 11 is 0. The molecule has 2 aliphatic heterocycles. The molecule has 5 heteroatoms. The van der Waals surface area contributed by atoms with Crippen molar-refractivity contribution in [1.29, 1.82) is 0 Å². The molecule has 5 nitrogen and oxygen atoms in total. The third kappa shape index (κ3) is 3.59. The third-order valence-electron chi connectivity index (χ3n) is 4.79. The van der Waals surface area contributed by atoms with Gasteiger partial charge >= 0.3 is 0 Å². The van der Waals surface area contributed by atoms with Crippen LogP contribution < -0.4 is 9.47 Å². The molecule has 0 bridgehead atoms. The van der Waals surface area contributed by atoms with E-state index < -0.39 is 0 Å². The zero-order valence-corrected chi connectivity index (χ0v) is 14.6. The van der Waals surface area contributed by atoms with E-state index in [2.05, 4.69) is 6.07 Å². The minimum Gasteiger partial charge on any atom is -0.454 e. The van der Waals surface area contributed by atoms with E-state index in [4.69, 9.17) is 18.9 Å². The number of fused-ring (bicyclic) bond motifs is 1. The number of rotatable bonds is 6. The van der Waals surface area contributed by atoms with Crippen LogP contribution in [-0.4, -0.2) is 32.6 Å². The van der Waals surface area contributed by atoms with Crippen molar-refractivity contribution in [3.63, 3.8) is 0 Å². The van der Waals surface area contributed by atoms with Gasteiger partial charge in [0.05, 0.1) is 6.61 Å². The van der Waals surface area contributed by atoms with Gasteiger partial charge in [0.25, 0.3) is 0 Å². The van der Waals surface area contributed by atoms with E-state index in [-0.39, 0.29) is 13.1 Å². The zero-order valence-electron chi connectivity index (χ0n) is 14.6. The van der Waals surface area contributed by atoms with Crippen LogP contribution in [-0.2, 0) is 15.9 Å². The molecule has 2 heterocycles. The Labute approximate surface area is 152 Å². The molecule has 0 amide bonds. The molecule has 1 unspecified atom stereocenters. The minimum absolute atomic E-state index is 0.0907. The molecule has 0 saturated carbocycles. The molecule has 4 rings (SSSR count). The fourth-order valence-corrected chi connectivity index (χ4v) is 3.43. The first-order valence-electron chi connectivity index (χ1n) is 9.05. The summed E-state index contributed by atoms with van der Waals surface area (Å²) in [6.45, 7) is 1.55. The van der Waals surface area contributed by atoms with Gasteiger partial charge in [0.15, 0.2) is 24.1 Å². The Hall–Kier alpha value is -2.37. The summed E-state index contributed by atoms with van der Waals surface area (Å²) < 4.78 is 22.4. The highest BCUT2D eigenvalue weighted by Gasteiger charge is 2.19. The van der Waals surface area contributed by atoms with Crippen LogP contribution >= 0.6 is 0 Å². The monoisotopic (exact) mass is 354 g/mol. The highest BCUT2D eigenvalue weighted by Crippen LogP contribution is 2.39. The van der Waals surface area contributed by atoms with Crippen LogP contribution in [0.1, 0.15) is 35.2 Å². The van der Waals surface area contributed by atoms with E-state index in [9.17, 15) is 4.79 Å². The lowest BCUT2D eigenvalue weighted by Gasteiger charge is -2.23. The van der Waals surface area contributed by atoms with Crippen LogP contribution in [0.5, 0.6) is 11.5 Å². The number of carbonyl (C=O) groups excluding carboxylic acids is 1. The predicted octanol–water partition coefficient (Wildman–Crippen LogP) is 3.98. The lowest BCUT2D eigenvalue weighted by molar-refractivity contribution is -0.161. The summed E-state index contributed by atoms with van der Waals surface area (Å²) in [4.78, 5) is 11.6. The van der Waals surface area contributed by atoms with Crippen LogP contribution in [0.2, 0.25) is 0 Å². The third-order valence-corrected chi connectivity index (χ3v) is 4.79. The van der Waals surface area contributed by atoms with E-state index in [1.54, 1.807) is 6.07 Å². The number of aldehydes is 1. The summed E-state index contributed by atoms with van der Waals surface area (Å²) in [5, 5.41) is 0. The van der Waals surface area contributed by atoms with Crippen molar-refractivity contribution in [1.82, 2.24) is 0 Å². The largest absolute Gasteiger partial charge is 0.454 e. The van der Waals surface area contributed by atoms with Crippen molar-refractivity contribution in [2.24, 2.45) is 0 Å². The van der Waals surface area contributed by atoms with Crippen molar-refractivity contribution in [2.75, 3.05) is 20.0 Å². The standard InChI is InChI=1S/C21H22O5/c22-13-16-11-19-20(26-14-25-19)12-18(16)17-6-2-1-5-15(17)8-10-24-21-7-3-4-9-23-21/h1-2,5-6,11-13,21H,3-4,7-10,14H2. The number of benzene rings is 2. The summed E-state index contributed by atoms with van der Waals surface area (Å²) in [6, 6.07) is 11.7. The molecule has 136 valence electrons. The van der Waals surface area contributed by atoms with Crippen LogP contribution in [0.25, 0.3) is 11.1 Å². The Morgan fingerprint density at radius 2 is 1.92 bits per heavy atom. The van der Waals surface area contributed by atoms with Crippen LogP contribution in [0, 0.1) is 0 Å². The molecule has 2 aromatic rings. The zero-order chi connectivity index (χ0) is 17.8. The maximum atomic E-state index is 11.6. The second-order valence-electron chi connectivity index (χ2n) is 6.48. The Morgan fingerprint density at radius 1 is 1.08 bits per heavy atom. The van der Waals surface area contributed by atoms with Crippen LogP contribution in [0.15, 0.2) is 36.4 Å². The van der Waals surface area contributed by atoms with Gasteiger partial charge in [-0.05, 0) is 54.5 Å². The summed E-state index contributed by atoms with van der Waals surface area (Å²) in [5.41, 5.74) is 3.60. The SMILES string of the molecule is O=Cc1cc2c(cc1-c1ccccc1CCOC1CCCCO1)OCO2. The van der Waals surface area contributed by atoms with Gasteiger partial charge in [0.2, 0.25) is 6.79 Å². The normalized spacial score (nSPS) is 18.7. The van der Waals surface area contributed by atoms with E-state index in [1.807, 2.05) is 24.3 Å². The van der Waals surface area contributed by atoms with Gasteiger partial charge in [-0.1, -0.05) is 24.3 Å². The van der Waals surface area contributed by atoms with E-state index in [1.165, 1.54) is 0 Å². The van der Waals surface area contributed by atoms with E-state index >= 15 is 0 Å². The van der Waals surface area contributed by atoms with Crippen molar-refractivity contribution in [3.8, 4) is 22.6 Å². The van der Waals surface area contributed by atoms with Crippen molar-refractivity contribution < 1.29 is 23.7 Å². The van der Waals surface area contributed by atoms with Gasteiger partial charge in [-0.25, -0.2) is 0 Å². The number of hydrogen-bond acceptors (Lipinski definition) is 5. The van der Waals surface area contributed by atoms with Crippen LogP contribution in [0.3, 0.4) is 0 Å². The van der Waals surface area contributed by atoms with Gasteiger partial charge < -0.3 is 18.9 Å². The molecule has 0 spiro atoms. The predicted molar refractivity (Wildman–Crippen MR) is 96.6 cm³/mol. The van der Waals surface area contributed by atoms with Gasteiger partial charge in [-0.2, -0.15) is 0 Å². The molecule has 1 fully saturated rings. The highest BCUT2D eigenvalue weighted by atomic mass is 16.7. The quantitative estimate of drug-likeness (QED) is 0.735. The molecular weight excluding hydrogens is 332 g/mol. The lowest BCUT2D eigenvalue weighted by Crippen LogP contribution is -2.23. The Kier molecular flexibility index (Phi) is 5.18. The summed E-state index contributed by atoms with van der Waals surface area (Å²) in [5.74, 6) is 1.29. The smallest absolute Gasteiger partial charge is 0.231 e. The number of ether oxygens (including phenoxy) is 4. The average Bonchev–Trinajstić information content (AvgIpc) is 3.15. The Bertz CT molecular complexity index is 780. The molecule has 1 saturated heterocycles. The summed E-state index contributed by atoms with van der Waals surface area (Å²) in [6.07, 6.45) is 4.75. The molecule has 0 radical (unpaired) electrons. The van der Waals surface area contributed by atoms with Crippen molar-refractivity contribution in [2.45, 2.75) is 32.0 Å². The highest BCUT2D eigenvalue weighted by molar-refractivity contribution is 5.90. The first-order chi connectivity index (χ1) is 12.8. The fraction of sp³-hybridized carbons (Fsp3) is 0.381. The molecule has 1 atom stereocenters. The molecule has 0 aromatic heterocycles. The Balaban J connectivity index is 1.55. The topological polar surface area (TPSA) is 54.0 Å². The second kappa shape index (κ2) is 7.89.